The van der Waals surface area contributed by atoms with Crippen molar-refractivity contribution >= 4 is 23.4 Å². The average Bonchev–Trinajstić information content (AvgIpc) is 3.21. The first-order chi connectivity index (χ1) is 16.7. The highest BCUT2D eigenvalue weighted by Crippen LogP contribution is 2.32. The monoisotopic (exact) mass is 496 g/mol. The van der Waals surface area contributed by atoms with Gasteiger partial charge in [-0.05, 0) is 61.6 Å². The number of hydrogen-bond acceptors (Lipinski definition) is 6. The number of anilines is 1. The summed E-state index contributed by atoms with van der Waals surface area (Å²) >= 11 is 1.40. The number of ether oxygens (including phenoxy) is 2. The molecule has 1 amide bonds. The summed E-state index contributed by atoms with van der Waals surface area (Å²) in [6.45, 7) is 13.2. The summed E-state index contributed by atoms with van der Waals surface area (Å²) in [5.41, 5.74) is 1.88. The highest BCUT2D eigenvalue weighted by Gasteiger charge is 2.24. The van der Waals surface area contributed by atoms with Crippen molar-refractivity contribution in [1.29, 1.82) is 0 Å². The molecule has 0 saturated carbocycles. The number of carbonyl (C=O) groups is 1. The largest absolute Gasteiger partial charge is 0.497 e. The van der Waals surface area contributed by atoms with Crippen molar-refractivity contribution in [3.8, 4) is 11.5 Å². The molecule has 0 bridgehead atoms. The predicted octanol–water partition coefficient (Wildman–Crippen LogP) is 6.33. The molecule has 0 spiro atoms. The van der Waals surface area contributed by atoms with Crippen LogP contribution in [0.5, 0.6) is 11.5 Å². The summed E-state index contributed by atoms with van der Waals surface area (Å²) < 4.78 is 13.6. The van der Waals surface area contributed by atoms with Gasteiger partial charge in [0.1, 0.15) is 11.5 Å². The molecule has 0 saturated heterocycles. The van der Waals surface area contributed by atoms with Gasteiger partial charge in [-0.25, -0.2) is 0 Å². The lowest BCUT2D eigenvalue weighted by molar-refractivity contribution is -0.115. The van der Waals surface area contributed by atoms with Crippen molar-refractivity contribution in [1.82, 2.24) is 14.8 Å². The zero-order valence-electron chi connectivity index (χ0n) is 21.6. The molecule has 0 aliphatic rings. The van der Waals surface area contributed by atoms with Crippen molar-refractivity contribution in [3.63, 3.8) is 0 Å². The van der Waals surface area contributed by atoms with Crippen LogP contribution in [0.2, 0.25) is 0 Å². The van der Waals surface area contributed by atoms with E-state index in [1.54, 1.807) is 7.11 Å². The fourth-order valence-corrected chi connectivity index (χ4v) is 4.53. The lowest BCUT2D eigenvalue weighted by Gasteiger charge is -2.21. The smallest absolute Gasteiger partial charge is 0.237 e. The van der Waals surface area contributed by atoms with E-state index in [9.17, 15) is 4.79 Å². The van der Waals surface area contributed by atoms with Gasteiger partial charge in [0.25, 0.3) is 0 Å². The number of benzene rings is 2. The van der Waals surface area contributed by atoms with Crippen LogP contribution in [0, 0.1) is 5.92 Å². The first-order valence-electron chi connectivity index (χ1n) is 12.0. The Morgan fingerprint density at radius 1 is 1.00 bits per heavy atom. The molecule has 0 aliphatic carbocycles. The average molecular weight is 497 g/mol. The third-order valence-electron chi connectivity index (χ3n) is 5.51. The van der Waals surface area contributed by atoms with Crippen molar-refractivity contribution in [2.45, 2.75) is 70.5 Å². The van der Waals surface area contributed by atoms with Gasteiger partial charge in [0.05, 0.1) is 12.4 Å². The second-order valence-electron chi connectivity index (χ2n) is 9.28. The fraction of sp³-hybridized carbons (Fsp3) is 0.444. The molecular formula is C27H36N4O3S. The van der Waals surface area contributed by atoms with Gasteiger partial charge in [-0.15, -0.1) is 10.2 Å². The van der Waals surface area contributed by atoms with Gasteiger partial charge in [-0.3, -0.25) is 4.79 Å². The van der Waals surface area contributed by atoms with Gasteiger partial charge in [0.2, 0.25) is 5.91 Å². The maximum Gasteiger partial charge on any atom is 0.237 e. The van der Waals surface area contributed by atoms with Crippen LogP contribution >= 0.6 is 11.8 Å². The van der Waals surface area contributed by atoms with E-state index < -0.39 is 0 Å². The normalized spacial score (nSPS) is 13.1. The molecular weight excluding hydrogens is 460 g/mol. The van der Waals surface area contributed by atoms with Crippen molar-refractivity contribution in [2.75, 3.05) is 12.4 Å². The summed E-state index contributed by atoms with van der Waals surface area (Å²) in [6.07, 6.45) is -0.293. The topological polar surface area (TPSA) is 78.3 Å². The molecule has 8 heteroatoms. The Labute approximate surface area is 212 Å². The molecule has 188 valence electrons. The summed E-state index contributed by atoms with van der Waals surface area (Å²) in [6, 6.07) is 15.4. The van der Waals surface area contributed by atoms with Gasteiger partial charge < -0.3 is 19.4 Å². The number of aromatic nitrogens is 3. The first kappa shape index (κ1) is 26.6. The molecule has 1 aromatic heterocycles. The third-order valence-corrected chi connectivity index (χ3v) is 6.59. The molecule has 35 heavy (non-hydrogen) atoms. The van der Waals surface area contributed by atoms with E-state index in [0.29, 0.717) is 17.0 Å². The second kappa shape index (κ2) is 12.1. The van der Waals surface area contributed by atoms with Crippen LogP contribution in [0.4, 0.5) is 5.69 Å². The van der Waals surface area contributed by atoms with Crippen molar-refractivity contribution in [2.24, 2.45) is 5.92 Å². The Balaban J connectivity index is 1.76. The molecule has 0 fully saturated rings. The Morgan fingerprint density at radius 3 is 2.31 bits per heavy atom. The van der Waals surface area contributed by atoms with Crippen LogP contribution in [0.25, 0.3) is 0 Å². The number of thioether (sulfide) groups is 1. The Hall–Kier alpha value is -3.00. The maximum absolute atomic E-state index is 12.8. The van der Waals surface area contributed by atoms with Gasteiger partial charge in [0, 0.05) is 12.2 Å². The van der Waals surface area contributed by atoms with E-state index in [2.05, 4.69) is 53.8 Å². The highest BCUT2D eigenvalue weighted by atomic mass is 32.2. The lowest BCUT2D eigenvalue weighted by Crippen LogP contribution is -2.23. The zero-order valence-corrected chi connectivity index (χ0v) is 22.4. The quantitative estimate of drug-likeness (QED) is 0.313. The molecule has 0 radical (unpaired) electrons. The van der Waals surface area contributed by atoms with Crippen molar-refractivity contribution < 1.29 is 14.3 Å². The number of nitrogens with one attached hydrogen (secondary N) is 1. The standard InChI is InChI=1S/C27H36N4O3S/c1-17(2)16-31-25(19(5)34-24-11-9-8-10-23(24)18(3)4)29-30-27(31)35-20(6)26(32)28-21-12-14-22(33-7)15-13-21/h8-15,17-20H,16H2,1-7H3,(H,28,32). The van der Waals surface area contributed by atoms with Crippen LogP contribution in [0.15, 0.2) is 53.7 Å². The lowest BCUT2D eigenvalue weighted by atomic mass is 10.0. The number of nitrogens with zero attached hydrogens (tertiary/aromatic N) is 3. The second-order valence-corrected chi connectivity index (χ2v) is 10.6. The highest BCUT2D eigenvalue weighted by molar-refractivity contribution is 8.00. The first-order valence-corrected chi connectivity index (χ1v) is 12.9. The van der Waals surface area contributed by atoms with E-state index in [4.69, 9.17) is 9.47 Å². The number of hydrogen-bond donors (Lipinski definition) is 1. The van der Waals surface area contributed by atoms with Gasteiger partial charge in [-0.1, -0.05) is 57.7 Å². The van der Waals surface area contributed by atoms with E-state index in [-0.39, 0.29) is 17.3 Å². The van der Waals surface area contributed by atoms with Crippen LogP contribution in [0.3, 0.4) is 0 Å². The van der Waals surface area contributed by atoms with Gasteiger partial charge in [-0.2, -0.15) is 0 Å². The van der Waals surface area contributed by atoms with E-state index >= 15 is 0 Å². The minimum atomic E-state index is -0.363. The third kappa shape index (κ3) is 7.01. The summed E-state index contributed by atoms with van der Waals surface area (Å²) in [7, 11) is 1.61. The molecule has 2 aromatic carbocycles. The molecule has 2 unspecified atom stereocenters. The minimum absolute atomic E-state index is 0.101. The van der Waals surface area contributed by atoms with Crippen LogP contribution in [-0.2, 0) is 11.3 Å². The number of amides is 1. The molecule has 3 rings (SSSR count). The minimum Gasteiger partial charge on any atom is -0.497 e. The number of rotatable bonds is 11. The zero-order chi connectivity index (χ0) is 25.5. The SMILES string of the molecule is COc1ccc(NC(=O)C(C)Sc2nnc(C(C)Oc3ccccc3C(C)C)n2CC(C)C)cc1. The van der Waals surface area contributed by atoms with Gasteiger partial charge >= 0.3 is 0 Å². The van der Waals surface area contributed by atoms with Crippen LogP contribution in [0.1, 0.15) is 65.0 Å². The Bertz CT molecular complexity index is 1110. The molecule has 1 N–H and O–H groups in total. The summed E-state index contributed by atoms with van der Waals surface area (Å²) in [4.78, 5) is 12.8. The molecule has 2 atom stereocenters. The number of methoxy groups -OCH3 is 1. The van der Waals surface area contributed by atoms with Crippen LogP contribution in [-0.4, -0.2) is 33.0 Å². The molecule has 1 heterocycles. The summed E-state index contributed by atoms with van der Waals surface area (Å²) in [5, 5.41) is 12.2. The van der Waals surface area contributed by atoms with Crippen LogP contribution < -0.4 is 14.8 Å². The van der Waals surface area contributed by atoms with E-state index in [1.165, 1.54) is 11.8 Å². The number of para-hydroxylation sites is 1. The fourth-order valence-electron chi connectivity index (χ4n) is 3.66. The Morgan fingerprint density at radius 2 is 1.69 bits per heavy atom. The maximum atomic E-state index is 12.8. The summed E-state index contributed by atoms with van der Waals surface area (Å²) in [5.74, 6) is 2.98. The number of carbonyl (C=O) groups excluding carboxylic acids is 1. The van der Waals surface area contributed by atoms with E-state index in [1.807, 2.05) is 56.3 Å². The molecule has 3 aromatic rings. The Kier molecular flexibility index (Phi) is 9.20. The molecule has 0 aliphatic heterocycles. The van der Waals surface area contributed by atoms with Crippen molar-refractivity contribution in [3.05, 3.63) is 59.9 Å². The van der Waals surface area contributed by atoms with Gasteiger partial charge in [0.15, 0.2) is 17.1 Å². The predicted molar refractivity (Wildman–Crippen MR) is 141 cm³/mol. The molecule has 7 nitrogen and oxygen atoms in total. The van der Waals surface area contributed by atoms with E-state index in [0.717, 1.165) is 35.1 Å².